The lowest BCUT2D eigenvalue weighted by molar-refractivity contribution is 0.141. The summed E-state index contributed by atoms with van der Waals surface area (Å²) >= 11 is 0. The summed E-state index contributed by atoms with van der Waals surface area (Å²) < 4.78 is 0. The van der Waals surface area contributed by atoms with E-state index in [4.69, 9.17) is 5.26 Å². The zero-order valence-electron chi connectivity index (χ0n) is 11.4. The van der Waals surface area contributed by atoms with Crippen molar-refractivity contribution < 1.29 is 5.11 Å². The van der Waals surface area contributed by atoms with Crippen LogP contribution in [-0.2, 0) is 0 Å². The smallest absolute Gasteiger partial charge is 0.0991 e. The van der Waals surface area contributed by atoms with Crippen LogP contribution < -0.4 is 5.32 Å². The summed E-state index contributed by atoms with van der Waals surface area (Å²) in [7, 11) is 0. The molecule has 3 nitrogen and oxygen atoms in total. The fourth-order valence-electron chi connectivity index (χ4n) is 3.01. The van der Waals surface area contributed by atoms with Gasteiger partial charge >= 0.3 is 0 Å². The predicted molar refractivity (Wildman–Crippen MR) is 76.9 cm³/mol. The van der Waals surface area contributed by atoms with E-state index in [0.29, 0.717) is 5.56 Å². The Labute approximate surface area is 115 Å². The molecule has 0 bridgehead atoms. The van der Waals surface area contributed by atoms with Gasteiger partial charge in [0, 0.05) is 18.8 Å². The molecule has 0 atom stereocenters. The maximum absolute atomic E-state index is 9.29. The number of rotatable bonds is 5. The standard InChI is InChI=1S/C16H22N2O/c17-12-14-4-6-15(7-5-14)18-13-16(10-11-19)8-2-1-3-9-16/h4-7,18-19H,1-3,8-11,13H2. The van der Waals surface area contributed by atoms with Crippen LogP contribution in [0.4, 0.5) is 5.69 Å². The van der Waals surface area contributed by atoms with Gasteiger partial charge in [-0.25, -0.2) is 0 Å². The Morgan fingerprint density at radius 2 is 1.84 bits per heavy atom. The summed E-state index contributed by atoms with van der Waals surface area (Å²) in [6.45, 7) is 1.19. The molecule has 1 aliphatic carbocycles. The third-order valence-corrected chi connectivity index (χ3v) is 4.24. The second kappa shape index (κ2) is 6.58. The van der Waals surface area contributed by atoms with E-state index in [1.807, 2.05) is 24.3 Å². The molecule has 1 aliphatic rings. The monoisotopic (exact) mass is 258 g/mol. The van der Waals surface area contributed by atoms with Crippen LogP contribution in [-0.4, -0.2) is 18.3 Å². The third-order valence-electron chi connectivity index (χ3n) is 4.24. The summed E-state index contributed by atoms with van der Waals surface area (Å²) in [6.07, 6.45) is 7.16. The van der Waals surface area contributed by atoms with Gasteiger partial charge < -0.3 is 10.4 Å². The Bertz CT molecular complexity index is 422. The van der Waals surface area contributed by atoms with E-state index in [1.54, 1.807) is 0 Å². The van der Waals surface area contributed by atoms with E-state index in [2.05, 4.69) is 11.4 Å². The molecule has 2 rings (SSSR count). The van der Waals surface area contributed by atoms with Crippen molar-refractivity contribution >= 4 is 5.69 Å². The van der Waals surface area contributed by atoms with E-state index in [0.717, 1.165) is 18.7 Å². The third kappa shape index (κ3) is 3.71. The Kier molecular flexibility index (Phi) is 4.81. The van der Waals surface area contributed by atoms with Crippen molar-refractivity contribution in [2.75, 3.05) is 18.5 Å². The molecule has 3 heteroatoms. The van der Waals surface area contributed by atoms with Gasteiger partial charge in [-0.05, 0) is 48.9 Å². The van der Waals surface area contributed by atoms with Crippen LogP contribution in [0, 0.1) is 16.7 Å². The molecule has 19 heavy (non-hydrogen) atoms. The maximum Gasteiger partial charge on any atom is 0.0991 e. The first-order valence-electron chi connectivity index (χ1n) is 7.13. The van der Waals surface area contributed by atoms with Crippen molar-refractivity contribution in [2.45, 2.75) is 38.5 Å². The van der Waals surface area contributed by atoms with E-state index in [9.17, 15) is 5.11 Å². The number of nitriles is 1. The minimum Gasteiger partial charge on any atom is -0.396 e. The number of anilines is 1. The predicted octanol–water partition coefficient (Wildman–Crippen LogP) is 3.30. The lowest BCUT2D eigenvalue weighted by Gasteiger charge is -2.37. The van der Waals surface area contributed by atoms with Crippen LogP contribution in [0.1, 0.15) is 44.1 Å². The van der Waals surface area contributed by atoms with Gasteiger partial charge in [0.05, 0.1) is 11.6 Å². The Balaban J connectivity index is 1.96. The second-order valence-electron chi connectivity index (χ2n) is 5.58. The highest BCUT2D eigenvalue weighted by atomic mass is 16.3. The molecule has 0 radical (unpaired) electrons. The Hall–Kier alpha value is -1.53. The fraction of sp³-hybridized carbons (Fsp3) is 0.562. The van der Waals surface area contributed by atoms with Crippen molar-refractivity contribution in [1.82, 2.24) is 0 Å². The molecular weight excluding hydrogens is 236 g/mol. The van der Waals surface area contributed by atoms with Crippen molar-refractivity contribution in [1.29, 1.82) is 5.26 Å². The lowest BCUT2D eigenvalue weighted by atomic mass is 9.72. The molecule has 1 fully saturated rings. The van der Waals surface area contributed by atoms with Gasteiger partial charge in [0.1, 0.15) is 0 Å². The van der Waals surface area contributed by atoms with Crippen molar-refractivity contribution in [2.24, 2.45) is 5.41 Å². The van der Waals surface area contributed by atoms with Crippen LogP contribution >= 0.6 is 0 Å². The second-order valence-corrected chi connectivity index (χ2v) is 5.58. The first-order chi connectivity index (χ1) is 9.28. The van der Waals surface area contributed by atoms with Crippen LogP contribution in [0.3, 0.4) is 0 Å². The summed E-state index contributed by atoms with van der Waals surface area (Å²) in [6, 6.07) is 9.70. The number of hydrogen-bond acceptors (Lipinski definition) is 3. The average Bonchev–Trinajstić information content (AvgIpc) is 2.47. The minimum absolute atomic E-state index is 0.251. The molecule has 102 valence electrons. The molecule has 0 heterocycles. The molecule has 0 unspecified atom stereocenters. The number of nitrogens with zero attached hydrogens (tertiary/aromatic N) is 1. The molecule has 1 aromatic rings. The first-order valence-corrected chi connectivity index (χ1v) is 7.13. The molecule has 0 aliphatic heterocycles. The minimum atomic E-state index is 0.251. The van der Waals surface area contributed by atoms with Gasteiger partial charge in [0.2, 0.25) is 0 Å². The number of benzene rings is 1. The van der Waals surface area contributed by atoms with E-state index in [-0.39, 0.29) is 12.0 Å². The molecule has 1 aromatic carbocycles. The number of hydrogen-bond donors (Lipinski definition) is 2. The summed E-state index contributed by atoms with van der Waals surface area (Å²) in [5.41, 5.74) is 2.00. The van der Waals surface area contributed by atoms with Gasteiger partial charge in [-0.1, -0.05) is 19.3 Å². The maximum atomic E-state index is 9.29. The van der Waals surface area contributed by atoms with E-state index < -0.39 is 0 Å². The molecule has 1 saturated carbocycles. The number of aliphatic hydroxyl groups excluding tert-OH is 1. The van der Waals surface area contributed by atoms with Gasteiger partial charge in [-0.2, -0.15) is 5.26 Å². The Morgan fingerprint density at radius 1 is 1.16 bits per heavy atom. The highest BCUT2D eigenvalue weighted by Crippen LogP contribution is 2.39. The highest BCUT2D eigenvalue weighted by molar-refractivity contribution is 5.47. The Morgan fingerprint density at radius 3 is 2.42 bits per heavy atom. The van der Waals surface area contributed by atoms with E-state index >= 15 is 0 Å². The van der Waals surface area contributed by atoms with Crippen molar-refractivity contribution in [3.8, 4) is 6.07 Å². The van der Waals surface area contributed by atoms with Gasteiger partial charge in [0.25, 0.3) is 0 Å². The van der Waals surface area contributed by atoms with Crippen molar-refractivity contribution in [3.05, 3.63) is 29.8 Å². The number of nitrogens with one attached hydrogen (secondary N) is 1. The average molecular weight is 258 g/mol. The number of aliphatic hydroxyl groups is 1. The van der Waals surface area contributed by atoms with Gasteiger partial charge in [-0.3, -0.25) is 0 Å². The normalized spacial score (nSPS) is 17.7. The van der Waals surface area contributed by atoms with Crippen LogP contribution in [0.25, 0.3) is 0 Å². The lowest BCUT2D eigenvalue weighted by Crippen LogP contribution is -2.33. The molecule has 0 amide bonds. The van der Waals surface area contributed by atoms with Gasteiger partial charge in [0.15, 0.2) is 0 Å². The zero-order valence-corrected chi connectivity index (χ0v) is 11.4. The van der Waals surface area contributed by atoms with Crippen LogP contribution in [0.15, 0.2) is 24.3 Å². The van der Waals surface area contributed by atoms with E-state index in [1.165, 1.54) is 32.1 Å². The van der Waals surface area contributed by atoms with Crippen molar-refractivity contribution in [3.63, 3.8) is 0 Å². The first kappa shape index (κ1) is 13.9. The highest BCUT2D eigenvalue weighted by Gasteiger charge is 2.31. The topological polar surface area (TPSA) is 56.0 Å². The van der Waals surface area contributed by atoms with Crippen LogP contribution in [0.2, 0.25) is 0 Å². The fourth-order valence-corrected chi connectivity index (χ4v) is 3.01. The molecule has 0 saturated heterocycles. The van der Waals surface area contributed by atoms with Crippen LogP contribution in [0.5, 0.6) is 0 Å². The zero-order chi connectivity index (χ0) is 13.6. The van der Waals surface area contributed by atoms with Gasteiger partial charge in [-0.15, -0.1) is 0 Å². The molecule has 2 N–H and O–H groups in total. The SMILES string of the molecule is N#Cc1ccc(NCC2(CCO)CCCCC2)cc1. The summed E-state index contributed by atoms with van der Waals surface area (Å²) in [5, 5.41) is 21.5. The quantitative estimate of drug-likeness (QED) is 0.852. The summed E-state index contributed by atoms with van der Waals surface area (Å²) in [4.78, 5) is 0. The largest absolute Gasteiger partial charge is 0.396 e. The summed E-state index contributed by atoms with van der Waals surface area (Å²) in [5.74, 6) is 0. The molecule has 0 spiro atoms. The molecular formula is C16H22N2O. The molecule has 0 aromatic heterocycles.